The van der Waals surface area contributed by atoms with Gasteiger partial charge in [0, 0.05) is 12.8 Å². The molecule has 100 valence electrons. The minimum absolute atomic E-state index is 0.261. The topological polar surface area (TPSA) is 83.5 Å². The summed E-state index contributed by atoms with van der Waals surface area (Å²) in [7, 11) is -3.18. The van der Waals surface area contributed by atoms with Crippen LogP contribution in [0, 0.1) is 0 Å². The molecule has 6 heteroatoms. The lowest BCUT2D eigenvalue weighted by Gasteiger charge is -2.12. The van der Waals surface area contributed by atoms with E-state index in [4.69, 9.17) is 5.11 Å². The number of hydrogen-bond acceptors (Lipinski definition) is 4. The summed E-state index contributed by atoms with van der Waals surface area (Å²) in [6, 6.07) is 5.82. The summed E-state index contributed by atoms with van der Waals surface area (Å²) in [5, 5.41) is 11.8. The van der Waals surface area contributed by atoms with Crippen molar-refractivity contribution in [2.24, 2.45) is 0 Å². The number of hydrogen-bond donors (Lipinski definition) is 2. The molecule has 1 unspecified atom stereocenters. The molecule has 0 aliphatic rings. The molecule has 1 rings (SSSR count). The van der Waals surface area contributed by atoms with E-state index in [0.29, 0.717) is 13.0 Å². The Morgan fingerprint density at radius 1 is 1.33 bits per heavy atom. The average molecular weight is 271 g/mol. The fourth-order valence-corrected chi connectivity index (χ4v) is 2.13. The summed E-state index contributed by atoms with van der Waals surface area (Å²) in [5.74, 6) is -0.884. The lowest BCUT2D eigenvalue weighted by molar-refractivity contribution is -0.139. The molecule has 0 bridgehead atoms. The summed E-state index contributed by atoms with van der Waals surface area (Å²) >= 11 is 0. The normalized spacial score (nSPS) is 13.2. The monoisotopic (exact) mass is 271 g/mol. The Labute approximate surface area is 107 Å². The van der Waals surface area contributed by atoms with Gasteiger partial charge in [0.15, 0.2) is 9.84 Å². The van der Waals surface area contributed by atoms with E-state index in [1.165, 1.54) is 12.1 Å². The van der Waals surface area contributed by atoms with Gasteiger partial charge in [-0.3, -0.25) is 4.79 Å². The molecular formula is C12H17NO4S. The van der Waals surface area contributed by atoms with Crippen molar-refractivity contribution in [3.63, 3.8) is 0 Å². The van der Waals surface area contributed by atoms with Gasteiger partial charge >= 0.3 is 5.97 Å². The van der Waals surface area contributed by atoms with Crippen molar-refractivity contribution in [1.82, 2.24) is 5.32 Å². The van der Waals surface area contributed by atoms with Crippen molar-refractivity contribution < 1.29 is 18.3 Å². The molecule has 0 saturated carbocycles. The molecule has 0 aromatic heterocycles. The van der Waals surface area contributed by atoms with E-state index >= 15 is 0 Å². The Morgan fingerprint density at radius 2 is 1.89 bits per heavy atom. The fourth-order valence-electron chi connectivity index (χ4n) is 1.50. The van der Waals surface area contributed by atoms with Gasteiger partial charge in [0.1, 0.15) is 6.04 Å². The van der Waals surface area contributed by atoms with E-state index in [9.17, 15) is 13.2 Å². The zero-order valence-corrected chi connectivity index (χ0v) is 11.2. The molecule has 5 nitrogen and oxygen atoms in total. The van der Waals surface area contributed by atoms with Gasteiger partial charge in [-0.25, -0.2) is 8.42 Å². The van der Waals surface area contributed by atoms with Gasteiger partial charge in [-0.2, -0.15) is 0 Å². The van der Waals surface area contributed by atoms with Crippen LogP contribution < -0.4 is 5.32 Å². The highest BCUT2D eigenvalue weighted by atomic mass is 32.2. The third-order valence-electron chi connectivity index (χ3n) is 2.61. The van der Waals surface area contributed by atoms with Crippen LogP contribution in [0.1, 0.15) is 18.9 Å². The van der Waals surface area contributed by atoms with Crippen molar-refractivity contribution in [3.05, 3.63) is 29.8 Å². The minimum Gasteiger partial charge on any atom is -0.480 e. The molecule has 0 fully saturated rings. The van der Waals surface area contributed by atoms with Gasteiger partial charge < -0.3 is 10.4 Å². The van der Waals surface area contributed by atoms with E-state index in [2.05, 4.69) is 5.32 Å². The van der Waals surface area contributed by atoms with Crippen LogP contribution in [-0.4, -0.2) is 31.8 Å². The summed E-state index contributed by atoms with van der Waals surface area (Å²) in [6.45, 7) is 2.19. The smallest absolute Gasteiger partial charge is 0.320 e. The van der Waals surface area contributed by atoms with Crippen LogP contribution in [0.3, 0.4) is 0 Å². The minimum atomic E-state index is -3.18. The molecule has 1 atom stereocenters. The Kier molecular flexibility index (Phi) is 4.86. The van der Waals surface area contributed by atoms with Crippen molar-refractivity contribution >= 4 is 15.8 Å². The summed E-state index contributed by atoms with van der Waals surface area (Å²) < 4.78 is 22.5. The van der Waals surface area contributed by atoms with Crippen LogP contribution in [0.5, 0.6) is 0 Å². The van der Waals surface area contributed by atoms with Crippen LogP contribution in [0.2, 0.25) is 0 Å². The molecule has 0 spiro atoms. The number of aliphatic carboxylic acids is 1. The Morgan fingerprint density at radius 3 is 2.28 bits per heavy atom. The molecule has 0 aliphatic heterocycles. The SMILES string of the molecule is CCC(NCc1ccc(S(C)(=O)=O)cc1)C(=O)O. The average Bonchev–Trinajstić information content (AvgIpc) is 2.29. The quantitative estimate of drug-likeness (QED) is 0.807. The van der Waals surface area contributed by atoms with E-state index in [1.54, 1.807) is 19.1 Å². The van der Waals surface area contributed by atoms with Crippen LogP contribution >= 0.6 is 0 Å². The van der Waals surface area contributed by atoms with Crippen molar-refractivity contribution in [2.45, 2.75) is 30.8 Å². The van der Waals surface area contributed by atoms with Crippen LogP contribution in [0.4, 0.5) is 0 Å². The van der Waals surface area contributed by atoms with E-state index in [0.717, 1.165) is 11.8 Å². The van der Waals surface area contributed by atoms with Gasteiger partial charge in [0.25, 0.3) is 0 Å². The summed E-state index contributed by atoms with van der Waals surface area (Å²) in [6.07, 6.45) is 1.65. The molecule has 0 amide bonds. The van der Waals surface area contributed by atoms with E-state index in [1.807, 2.05) is 0 Å². The highest BCUT2D eigenvalue weighted by Gasteiger charge is 2.13. The van der Waals surface area contributed by atoms with Gasteiger partial charge in [-0.05, 0) is 24.1 Å². The van der Waals surface area contributed by atoms with Crippen molar-refractivity contribution in [1.29, 1.82) is 0 Å². The zero-order chi connectivity index (χ0) is 13.8. The Balaban J connectivity index is 2.67. The lowest BCUT2D eigenvalue weighted by Crippen LogP contribution is -2.35. The zero-order valence-electron chi connectivity index (χ0n) is 10.4. The van der Waals surface area contributed by atoms with Crippen molar-refractivity contribution in [2.75, 3.05) is 6.26 Å². The molecule has 1 aromatic rings. The highest BCUT2D eigenvalue weighted by molar-refractivity contribution is 7.90. The molecule has 0 heterocycles. The number of benzene rings is 1. The Hall–Kier alpha value is -1.40. The molecule has 18 heavy (non-hydrogen) atoms. The molecule has 0 aliphatic carbocycles. The molecular weight excluding hydrogens is 254 g/mol. The second-order valence-corrected chi connectivity index (χ2v) is 6.11. The molecule has 1 aromatic carbocycles. The molecule has 0 saturated heterocycles. The third-order valence-corrected chi connectivity index (χ3v) is 3.74. The predicted molar refractivity (Wildman–Crippen MR) is 68.1 cm³/mol. The first kappa shape index (κ1) is 14.7. The van der Waals surface area contributed by atoms with Gasteiger partial charge in [0.05, 0.1) is 4.90 Å². The maximum atomic E-state index is 11.3. The maximum Gasteiger partial charge on any atom is 0.320 e. The van der Waals surface area contributed by atoms with Crippen molar-refractivity contribution in [3.8, 4) is 0 Å². The van der Waals surface area contributed by atoms with Crippen LogP contribution in [0.25, 0.3) is 0 Å². The van der Waals surface area contributed by atoms with Crippen LogP contribution in [-0.2, 0) is 21.2 Å². The fraction of sp³-hybridized carbons (Fsp3) is 0.417. The summed E-state index contributed by atoms with van der Waals surface area (Å²) in [5.41, 5.74) is 0.849. The first-order chi connectivity index (χ1) is 8.34. The van der Waals surface area contributed by atoms with Gasteiger partial charge in [0.2, 0.25) is 0 Å². The van der Waals surface area contributed by atoms with E-state index < -0.39 is 21.8 Å². The van der Waals surface area contributed by atoms with E-state index in [-0.39, 0.29) is 4.90 Å². The second kappa shape index (κ2) is 5.97. The Bertz CT molecular complexity index is 507. The van der Waals surface area contributed by atoms with Gasteiger partial charge in [-0.15, -0.1) is 0 Å². The maximum absolute atomic E-state index is 11.3. The lowest BCUT2D eigenvalue weighted by atomic mass is 10.2. The number of sulfone groups is 1. The standard InChI is InChI=1S/C12H17NO4S/c1-3-11(12(14)15)13-8-9-4-6-10(7-5-9)18(2,16)17/h4-7,11,13H,3,8H2,1-2H3,(H,14,15). The second-order valence-electron chi connectivity index (χ2n) is 4.10. The third kappa shape index (κ3) is 4.12. The first-order valence-corrected chi connectivity index (χ1v) is 7.49. The number of carboxylic acids is 1. The highest BCUT2D eigenvalue weighted by Crippen LogP contribution is 2.10. The molecule has 2 N–H and O–H groups in total. The molecule has 0 radical (unpaired) electrons. The number of nitrogens with one attached hydrogen (secondary N) is 1. The number of carboxylic acid groups (broad SMARTS) is 1. The predicted octanol–water partition coefficient (Wildman–Crippen LogP) is 1.04. The number of rotatable bonds is 6. The summed E-state index contributed by atoms with van der Waals surface area (Å²) in [4.78, 5) is 11.1. The largest absolute Gasteiger partial charge is 0.480 e. The van der Waals surface area contributed by atoms with Gasteiger partial charge in [-0.1, -0.05) is 19.1 Å². The number of carbonyl (C=O) groups is 1. The first-order valence-electron chi connectivity index (χ1n) is 5.59. The van der Waals surface area contributed by atoms with Crippen LogP contribution in [0.15, 0.2) is 29.2 Å².